The van der Waals surface area contributed by atoms with Crippen LogP contribution in [0.25, 0.3) is 0 Å². The number of aromatic carboxylic acids is 1. The van der Waals surface area contributed by atoms with E-state index in [1.165, 1.54) is 6.07 Å². The average Bonchev–Trinajstić information content (AvgIpc) is 2.41. The maximum Gasteiger partial charge on any atom is 0.354 e. The fraction of sp³-hybridized carbons (Fsp3) is 0.538. The zero-order chi connectivity index (χ0) is 13.8. The number of pyridine rings is 1. The summed E-state index contributed by atoms with van der Waals surface area (Å²) in [5.74, 6) is -1.01. The van der Waals surface area contributed by atoms with Crippen molar-refractivity contribution in [1.82, 2.24) is 14.8 Å². The van der Waals surface area contributed by atoms with Gasteiger partial charge in [0.1, 0.15) is 5.69 Å². The molecule has 2 rings (SSSR count). The summed E-state index contributed by atoms with van der Waals surface area (Å²) in [6.07, 6.45) is 0. The normalized spacial score (nSPS) is 21.5. The number of aromatic nitrogens is 1. The highest BCUT2D eigenvalue weighted by Gasteiger charge is 2.23. The number of aliphatic hydroxyl groups excluding tert-OH is 1. The van der Waals surface area contributed by atoms with Crippen molar-refractivity contribution < 1.29 is 15.0 Å². The van der Waals surface area contributed by atoms with Crippen LogP contribution in [0.1, 0.15) is 16.2 Å². The third-order valence-corrected chi connectivity index (χ3v) is 3.48. The second-order valence-corrected chi connectivity index (χ2v) is 4.87. The summed E-state index contributed by atoms with van der Waals surface area (Å²) < 4.78 is 0. The second-order valence-electron chi connectivity index (χ2n) is 4.87. The summed E-state index contributed by atoms with van der Waals surface area (Å²) in [6, 6.07) is 5.17. The van der Waals surface area contributed by atoms with Crippen molar-refractivity contribution in [2.75, 3.05) is 33.3 Å². The molecule has 1 aliphatic rings. The molecular weight excluding hydrogens is 246 g/mol. The van der Waals surface area contributed by atoms with Crippen LogP contribution in [0.2, 0.25) is 0 Å². The van der Waals surface area contributed by atoms with Crippen molar-refractivity contribution in [3.8, 4) is 0 Å². The van der Waals surface area contributed by atoms with E-state index in [9.17, 15) is 9.90 Å². The van der Waals surface area contributed by atoms with Crippen LogP contribution in [0, 0.1) is 0 Å². The summed E-state index contributed by atoms with van der Waals surface area (Å²) >= 11 is 0. The Morgan fingerprint density at radius 2 is 2.26 bits per heavy atom. The molecule has 0 aliphatic carbocycles. The standard InChI is InChI=1S/C13H19N3O3/c1-15-5-6-16(8-11(15)9-17)7-10-3-2-4-12(14-10)13(18)19/h2-4,11,17H,5-9H2,1H3,(H,18,19). The monoisotopic (exact) mass is 265 g/mol. The van der Waals surface area contributed by atoms with Gasteiger partial charge in [0.15, 0.2) is 0 Å². The van der Waals surface area contributed by atoms with Crippen LogP contribution < -0.4 is 0 Å². The van der Waals surface area contributed by atoms with Gasteiger partial charge in [-0.25, -0.2) is 9.78 Å². The molecule has 1 aromatic heterocycles. The predicted octanol–water partition coefficient (Wildman–Crippen LogP) is -0.112. The van der Waals surface area contributed by atoms with Gasteiger partial charge in [0.05, 0.1) is 12.3 Å². The Kier molecular flexibility index (Phi) is 4.47. The zero-order valence-corrected chi connectivity index (χ0v) is 11.0. The Hall–Kier alpha value is -1.50. The highest BCUT2D eigenvalue weighted by atomic mass is 16.4. The number of aliphatic hydroxyl groups is 1. The summed E-state index contributed by atoms with van der Waals surface area (Å²) in [7, 11) is 2.00. The maximum absolute atomic E-state index is 10.9. The first-order valence-corrected chi connectivity index (χ1v) is 6.33. The van der Waals surface area contributed by atoms with Crippen LogP contribution in [0.4, 0.5) is 0 Å². The molecule has 0 aromatic carbocycles. The van der Waals surface area contributed by atoms with E-state index in [4.69, 9.17) is 5.11 Å². The largest absolute Gasteiger partial charge is 0.477 e. The first-order valence-electron chi connectivity index (χ1n) is 6.33. The number of piperazine rings is 1. The summed E-state index contributed by atoms with van der Waals surface area (Å²) in [4.78, 5) is 19.3. The molecule has 19 heavy (non-hydrogen) atoms. The molecule has 0 spiro atoms. The van der Waals surface area contributed by atoms with Gasteiger partial charge >= 0.3 is 5.97 Å². The molecule has 6 nitrogen and oxygen atoms in total. The first-order chi connectivity index (χ1) is 9.10. The molecule has 1 aliphatic heterocycles. The Balaban J connectivity index is 2.01. The van der Waals surface area contributed by atoms with Crippen molar-refractivity contribution in [2.24, 2.45) is 0 Å². The second kappa shape index (κ2) is 6.10. The van der Waals surface area contributed by atoms with Crippen molar-refractivity contribution in [3.63, 3.8) is 0 Å². The fourth-order valence-electron chi connectivity index (χ4n) is 2.27. The van der Waals surface area contributed by atoms with E-state index >= 15 is 0 Å². The molecule has 2 N–H and O–H groups in total. The van der Waals surface area contributed by atoms with Crippen LogP contribution >= 0.6 is 0 Å². The van der Waals surface area contributed by atoms with E-state index in [0.29, 0.717) is 6.54 Å². The van der Waals surface area contributed by atoms with Gasteiger partial charge in [-0.2, -0.15) is 0 Å². The molecular formula is C13H19N3O3. The van der Waals surface area contributed by atoms with Crippen LogP contribution in [0.15, 0.2) is 18.2 Å². The third kappa shape index (κ3) is 3.50. The summed E-state index contributed by atoms with van der Waals surface area (Å²) in [5, 5.41) is 18.2. The van der Waals surface area contributed by atoms with Gasteiger partial charge in [-0.3, -0.25) is 9.80 Å². The van der Waals surface area contributed by atoms with Gasteiger partial charge in [0.25, 0.3) is 0 Å². The van der Waals surface area contributed by atoms with Crippen LogP contribution in [-0.2, 0) is 6.54 Å². The fourth-order valence-corrected chi connectivity index (χ4v) is 2.27. The third-order valence-electron chi connectivity index (χ3n) is 3.48. The molecule has 0 saturated carbocycles. The maximum atomic E-state index is 10.9. The van der Waals surface area contributed by atoms with Gasteiger partial charge in [0, 0.05) is 32.2 Å². The molecule has 1 atom stereocenters. The molecule has 1 aromatic rings. The molecule has 6 heteroatoms. The van der Waals surface area contributed by atoms with Crippen molar-refractivity contribution in [1.29, 1.82) is 0 Å². The molecule has 1 fully saturated rings. The van der Waals surface area contributed by atoms with Crippen molar-refractivity contribution in [3.05, 3.63) is 29.6 Å². The van der Waals surface area contributed by atoms with Crippen LogP contribution in [0.3, 0.4) is 0 Å². The molecule has 0 radical (unpaired) electrons. The molecule has 0 bridgehead atoms. The highest BCUT2D eigenvalue weighted by Crippen LogP contribution is 2.11. The first kappa shape index (κ1) is 13.9. The molecule has 1 saturated heterocycles. The molecule has 0 amide bonds. The quantitative estimate of drug-likeness (QED) is 0.791. The number of likely N-dealkylation sites (N-methyl/N-ethyl adjacent to an activating group) is 1. The Morgan fingerprint density at radius 1 is 1.47 bits per heavy atom. The Morgan fingerprint density at radius 3 is 2.95 bits per heavy atom. The number of carboxylic acid groups (broad SMARTS) is 1. The number of carboxylic acids is 1. The Labute approximate surface area is 112 Å². The van der Waals surface area contributed by atoms with E-state index in [1.54, 1.807) is 6.07 Å². The van der Waals surface area contributed by atoms with Gasteiger partial charge in [-0.1, -0.05) is 6.07 Å². The average molecular weight is 265 g/mol. The number of carbonyl (C=O) groups is 1. The van der Waals surface area contributed by atoms with Crippen LogP contribution in [0.5, 0.6) is 0 Å². The van der Waals surface area contributed by atoms with Gasteiger partial charge < -0.3 is 10.2 Å². The van der Waals surface area contributed by atoms with E-state index < -0.39 is 5.97 Å². The minimum Gasteiger partial charge on any atom is -0.477 e. The van der Waals surface area contributed by atoms with Crippen LogP contribution in [-0.4, -0.2) is 70.3 Å². The van der Waals surface area contributed by atoms with E-state index in [-0.39, 0.29) is 18.3 Å². The van der Waals surface area contributed by atoms with Gasteiger partial charge in [-0.15, -0.1) is 0 Å². The SMILES string of the molecule is CN1CCN(Cc2cccc(C(=O)O)n2)CC1CO. The Bertz CT molecular complexity index is 453. The lowest BCUT2D eigenvalue weighted by Crippen LogP contribution is -2.52. The van der Waals surface area contributed by atoms with E-state index in [1.807, 2.05) is 13.1 Å². The minimum atomic E-state index is -1.01. The van der Waals surface area contributed by atoms with Crippen molar-refractivity contribution in [2.45, 2.75) is 12.6 Å². The smallest absolute Gasteiger partial charge is 0.354 e. The number of hydrogen-bond acceptors (Lipinski definition) is 5. The van der Waals surface area contributed by atoms with Gasteiger partial charge in [-0.05, 0) is 19.2 Å². The summed E-state index contributed by atoms with van der Waals surface area (Å²) in [6.45, 7) is 3.31. The minimum absolute atomic E-state index is 0.0744. The summed E-state index contributed by atoms with van der Waals surface area (Å²) in [5.41, 5.74) is 0.825. The lowest BCUT2D eigenvalue weighted by Gasteiger charge is -2.38. The molecule has 1 unspecified atom stereocenters. The molecule has 2 heterocycles. The molecule has 104 valence electrons. The lowest BCUT2D eigenvalue weighted by molar-refractivity contribution is 0.0533. The number of hydrogen-bond donors (Lipinski definition) is 2. The highest BCUT2D eigenvalue weighted by molar-refractivity contribution is 5.85. The zero-order valence-electron chi connectivity index (χ0n) is 11.0. The van der Waals surface area contributed by atoms with E-state index in [2.05, 4.69) is 14.8 Å². The van der Waals surface area contributed by atoms with Gasteiger partial charge in [0.2, 0.25) is 0 Å². The number of nitrogens with zero attached hydrogens (tertiary/aromatic N) is 3. The lowest BCUT2D eigenvalue weighted by atomic mass is 10.2. The van der Waals surface area contributed by atoms with E-state index in [0.717, 1.165) is 25.3 Å². The predicted molar refractivity (Wildman–Crippen MR) is 70.0 cm³/mol. The van der Waals surface area contributed by atoms with Crippen molar-refractivity contribution >= 4 is 5.97 Å². The topological polar surface area (TPSA) is 76.9 Å². The number of rotatable bonds is 4.